The Labute approximate surface area is 66.2 Å². The summed E-state index contributed by atoms with van der Waals surface area (Å²) in [6.07, 6.45) is 7.36. The maximum atomic E-state index is 5.14. The van der Waals surface area contributed by atoms with Gasteiger partial charge >= 0.3 is 0 Å². The molecule has 0 fully saturated rings. The highest BCUT2D eigenvalue weighted by Crippen LogP contribution is 2.13. The van der Waals surface area contributed by atoms with Crippen LogP contribution in [0.25, 0.3) is 0 Å². The second-order valence-electron chi connectivity index (χ2n) is 2.03. The predicted octanol–water partition coefficient (Wildman–Crippen LogP) is 1.27. The summed E-state index contributed by atoms with van der Waals surface area (Å²) in [6, 6.07) is 3.67. The molecule has 1 aromatic rings. The number of terminal acetylenes is 1. The van der Waals surface area contributed by atoms with Crippen molar-refractivity contribution in [2.24, 2.45) is 0 Å². The van der Waals surface area contributed by atoms with Crippen molar-refractivity contribution in [3.63, 3.8) is 0 Å². The molecule has 56 valence electrons. The normalized spacial score (nSPS) is 8.73. The molecule has 0 aromatic carbocycles. The van der Waals surface area contributed by atoms with E-state index >= 15 is 0 Å². The number of pyridine rings is 1. The van der Waals surface area contributed by atoms with Crippen LogP contribution in [0.15, 0.2) is 18.3 Å². The summed E-state index contributed by atoms with van der Waals surface area (Å²) in [6.45, 7) is 0. The van der Waals surface area contributed by atoms with Crippen LogP contribution in [0.3, 0.4) is 0 Å². The molecule has 0 spiro atoms. The minimum absolute atomic E-state index is 0.518. The van der Waals surface area contributed by atoms with Gasteiger partial charge in [-0.25, -0.2) is 0 Å². The minimum atomic E-state index is 0.518. The lowest BCUT2D eigenvalue weighted by Gasteiger charge is -2.02. The number of rotatable bonds is 2. The minimum Gasteiger partial charge on any atom is -0.495 e. The molecular weight excluding hydrogens is 138 g/mol. The van der Waals surface area contributed by atoms with Crippen LogP contribution in [0.2, 0.25) is 0 Å². The van der Waals surface area contributed by atoms with Crippen molar-refractivity contribution in [3.05, 3.63) is 24.0 Å². The second-order valence-corrected chi connectivity index (χ2v) is 2.03. The van der Waals surface area contributed by atoms with Crippen molar-refractivity contribution in [3.8, 4) is 18.1 Å². The van der Waals surface area contributed by atoms with Crippen LogP contribution in [0, 0.1) is 12.3 Å². The number of hydrogen-bond donors (Lipinski definition) is 0. The van der Waals surface area contributed by atoms with Crippen molar-refractivity contribution in [1.29, 1.82) is 0 Å². The van der Waals surface area contributed by atoms with Gasteiger partial charge in [-0.1, -0.05) is 0 Å². The molecule has 11 heavy (non-hydrogen) atoms. The van der Waals surface area contributed by atoms with Gasteiger partial charge in [0.2, 0.25) is 0 Å². The molecule has 0 N–H and O–H groups in total. The van der Waals surface area contributed by atoms with E-state index in [1.54, 1.807) is 13.3 Å². The molecule has 1 heterocycles. The van der Waals surface area contributed by atoms with Crippen LogP contribution < -0.4 is 4.74 Å². The SMILES string of the molecule is C#CCc1ncccc1OC. The molecule has 0 aliphatic heterocycles. The first-order valence-electron chi connectivity index (χ1n) is 3.30. The standard InChI is InChI=1S/C9H9NO/c1-3-5-8-9(11-2)6-4-7-10-8/h1,4,6-7H,5H2,2H3. The quantitative estimate of drug-likeness (QED) is 0.587. The number of nitrogens with zero attached hydrogens (tertiary/aromatic N) is 1. The van der Waals surface area contributed by atoms with Gasteiger partial charge in [-0.2, -0.15) is 0 Å². The van der Waals surface area contributed by atoms with Crippen LogP contribution in [0.4, 0.5) is 0 Å². The highest BCUT2D eigenvalue weighted by Gasteiger charge is 1.99. The van der Waals surface area contributed by atoms with Crippen LogP contribution in [-0.2, 0) is 6.42 Å². The Kier molecular flexibility index (Phi) is 2.51. The molecule has 0 saturated heterocycles. The fourth-order valence-corrected chi connectivity index (χ4v) is 0.839. The van der Waals surface area contributed by atoms with E-state index in [2.05, 4.69) is 10.9 Å². The third kappa shape index (κ3) is 1.71. The Balaban J connectivity index is 2.94. The summed E-state index contributed by atoms with van der Waals surface area (Å²) in [5, 5.41) is 0. The summed E-state index contributed by atoms with van der Waals surface area (Å²) >= 11 is 0. The van der Waals surface area contributed by atoms with E-state index in [0.717, 1.165) is 11.4 Å². The maximum absolute atomic E-state index is 5.14. The lowest BCUT2D eigenvalue weighted by molar-refractivity contribution is 0.408. The van der Waals surface area contributed by atoms with E-state index in [4.69, 9.17) is 11.2 Å². The van der Waals surface area contributed by atoms with Crippen molar-refractivity contribution >= 4 is 0 Å². The first kappa shape index (κ1) is 7.62. The summed E-state index contributed by atoms with van der Waals surface area (Å²) in [5.74, 6) is 3.27. The zero-order chi connectivity index (χ0) is 8.10. The monoisotopic (exact) mass is 147 g/mol. The Bertz CT molecular complexity index is 275. The Morgan fingerprint density at radius 2 is 2.55 bits per heavy atom. The van der Waals surface area contributed by atoms with Gasteiger partial charge in [0, 0.05) is 6.20 Å². The zero-order valence-corrected chi connectivity index (χ0v) is 6.37. The van der Waals surface area contributed by atoms with E-state index < -0.39 is 0 Å². The molecule has 2 heteroatoms. The smallest absolute Gasteiger partial charge is 0.141 e. The first-order chi connectivity index (χ1) is 5.38. The number of aromatic nitrogens is 1. The first-order valence-corrected chi connectivity index (χ1v) is 3.30. The van der Waals surface area contributed by atoms with Crippen LogP contribution in [-0.4, -0.2) is 12.1 Å². The molecule has 0 amide bonds. The van der Waals surface area contributed by atoms with Gasteiger partial charge in [-0.15, -0.1) is 12.3 Å². The maximum Gasteiger partial charge on any atom is 0.141 e. The third-order valence-corrected chi connectivity index (χ3v) is 1.34. The molecule has 0 bridgehead atoms. The van der Waals surface area contributed by atoms with Crippen molar-refractivity contribution < 1.29 is 4.74 Å². The highest BCUT2D eigenvalue weighted by atomic mass is 16.5. The second kappa shape index (κ2) is 3.62. The third-order valence-electron chi connectivity index (χ3n) is 1.34. The van der Waals surface area contributed by atoms with E-state index in [-0.39, 0.29) is 0 Å². The molecule has 0 atom stereocenters. The summed E-state index contributed by atoms with van der Waals surface area (Å²) < 4.78 is 5.04. The molecule has 1 aromatic heterocycles. The fourth-order valence-electron chi connectivity index (χ4n) is 0.839. The Morgan fingerprint density at radius 3 is 3.18 bits per heavy atom. The Morgan fingerprint density at radius 1 is 1.73 bits per heavy atom. The van der Waals surface area contributed by atoms with Crippen LogP contribution in [0.1, 0.15) is 5.69 Å². The number of ether oxygens (including phenoxy) is 1. The molecule has 2 nitrogen and oxygen atoms in total. The lowest BCUT2D eigenvalue weighted by atomic mass is 10.2. The van der Waals surface area contributed by atoms with Gasteiger partial charge in [0.25, 0.3) is 0 Å². The van der Waals surface area contributed by atoms with E-state index in [1.807, 2.05) is 12.1 Å². The molecule has 0 saturated carbocycles. The number of hydrogen-bond acceptors (Lipinski definition) is 2. The average molecular weight is 147 g/mol. The predicted molar refractivity (Wildman–Crippen MR) is 43.3 cm³/mol. The zero-order valence-electron chi connectivity index (χ0n) is 6.37. The van der Waals surface area contributed by atoms with Gasteiger partial charge in [0.1, 0.15) is 5.75 Å². The molecular formula is C9H9NO. The Hall–Kier alpha value is -1.49. The van der Waals surface area contributed by atoms with Gasteiger partial charge in [-0.3, -0.25) is 4.98 Å². The average Bonchev–Trinajstić information content (AvgIpc) is 2.06. The molecule has 0 unspecified atom stereocenters. The molecule has 0 aliphatic rings. The van der Waals surface area contributed by atoms with Crippen molar-refractivity contribution in [2.75, 3.05) is 7.11 Å². The van der Waals surface area contributed by atoms with Gasteiger partial charge in [0.05, 0.1) is 19.2 Å². The molecule has 0 radical (unpaired) electrons. The van der Waals surface area contributed by atoms with Crippen LogP contribution >= 0.6 is 0 Å². The topological polar surface area (TPSA) is 22.1 Å². The van der Waals surface area contributed by atoms with Gasteiger partial charge in [-0.05, 0) is 12.1 Å². The molecule has 1 rings (SSSR count). The number of methoxy groups -OCH3 is 1. The summed E-state index contributed by atoms with van der Waals surface area (Å²) in [5.41, 5.74) is 0.817. The van der Waals surface area contributed by atoms with E-state index in [0.29, 0.717) is 6.42 Å². The van der Waals surface area contributed by atoms with Gasteiger partial charge < -0.3 is 4.74 Å². The van der Waals surface area contributed by atoms with E-state index in [1.165, 1.54) is 0 Å². The largest absolute Gasteiger partial charge is 0.495 e. The molecule has 0 aliphatic carbocycles. The summed E-state index contributed by atoms with van der Waals surface area (Å²) in [4.78, 5) is 4.07. The van der Waals surface area contributed by atoms with Crippen molar-refractivity contribution in [1.82, 2.24) is 4.98 Å². The lowest BCUT2D eigenvalue weighted by Crippen LogP contribution is -1.93. The van der Waals surface area contributed by atoms with E-state index in [9.17, 15) is 0 Å². The van der Waals surface area contributed by atoms with Crippen LogP contribution in [0.5, 0.6) is 5.75 Å². The van der Waals surface area contributed by atoms with Gasteiger partial charge in [0.15, 0.2) is 0 Å². The fraction of sp³-hybridized carbons (Fsp3) is 0.222. The summed E-state index contributed by atoms with van der Waals surface area (Å²) in [7, 11) is 1.61. The highest BCUT2D eigenvalue weighted by molar-refractivity contribution is 5.29. The van der Waals surface area contributed by atoms with Crippen molar-refractivity contribution in [2.45, 2.75) is 6.42 Å².